The minimum absolute atomic E-state index is 0.0939. The van der Waals surface area contributed by atoms with Crippen LogP contribution in [0.5, 0.6) is 11.5 Å². The molecule has 0 spiro atoms. The van der Waals surface area contributed by atoms with E-state index < -0.39 is 0 Å². The summed E-state index contributed by atoms with van der Waals surface area (Å²) in [6.45, 7) is 2.15. The monoisotopic (exact) mass is 488 g/mol. The highest BCUT2D eigenvalue weighted by molar-refractivity contribution is 8.18. The molecule has 34 heavy (non-hydrogen) atoms. The fraction of sp³-hybridized carbons (Fsp3) is 0.267. The third kappa shape index (κ3) is 5.92. The zero-order valence-corrected chi connectivity index (χ0v) is 21.8. The second-order valence-corrected chi connectivity index (χ2v) is 11.4. The van der Waals surface area contributed by atoms with Crippen LogP contribution in [0, 0.1) is 6.92 Å². The molecule has 3 aromatic carbocycles. The van der Waals surface area contributed by atoms with E-state index in [4.69, 9.17) is 9.47 Å². The zero-order chi connectivity index (χ0) is 23.8. The summed E-state index contributed by atoms with van der Waals surface area (Å²) in [6.07, 6.45) is 9.06. The van der Waals surface area contributed by atoms with Crippen LogP contribution in [0.2, 0.25) is 0 Å². The van der Waals surface area contributed by atoms with Crippen LogP contribution in [0.4, 0.5) is 0 Å². The molecule has 1 aliphatic rings. The van der Waals surface area contributed by atoms with Gasteiger partial charge in [0.15, 0.2) is 0 Å². The molecule has 0 N–H and O–H groups in total. The Hall–Kier alpha value is -2.56. The molecular weight excluding hydrogens is 456 g/mol. The van der Waals surface area contributed by atoms with E-state index in [9.17, 15) is 0 Å². The molecule has 1 fully saturated rings. The van der Waals surface area contributed by atoms with Crippen LogP contribution in [0.15, 0.2) is 91.0 Å². The molecule has 176 valence electrons. The van der Waals surface area contributed by atoms with Crippen molar-refractivity contribution in [3.05, 3.63) is 113 Å². The predicted octanol–water partition coefficient (Wildman–Crippen LogP) is 8.11. The Balaban J connectivity index is 1.62. The second kappa shape index (κ2) is 11.7. The summed E-state index contributed by atoms with van der Waals surface area (Å²) in [5.74, 6) is 4.15. The Kier molecular flexibility index (Phi) is 8.47. The van der Waals surface area contributed by atoms with Gasteiger partial charge < -0.3 is 9.47 Å². The van der Waals surface area contributed by atoms with Crippen molar-refractivity contribution < 1.29 is 9.47 Å². The summed E-state index contributed by atoms with van der Waals surface area (Å²) in [5, 5.41) is 0. The Morgan fingerprint density at radius 2 is 1.32 bits per heavy atom. The third-order valence-electron chi connectivity index (χ3n) is 6.04. The van der Waals surface area contributed by atoms with Gasteiger partial charge in [-0.15, -0.1) is 23.5 Å². The standard InChI is InChI=1S/C30H32O2S2/c1-23-8-14-26(15-9-23)30(33-21-6-22-34-30)20-5-4-7-29(24-10-16-27(31-2)17-11-24)25-12-18-28(32-3)19-13-25/h4-5,7-19H,6,20-22H2,1-3H3/b5-4-. The number of hydrogen-bond donors (Lipinski definition) is 0. The summed E-state index contributed by atoms with van der Waals surface area (Å²) in [4.78, 5) is 0. The van der Waals surface area contributed by atoms with Crippen molar-refractivity contribution in [3.8, 4) is 11.5 Å². The topological polar surface area (TPSA) is 18.5 Å². The molecular formula is C30H32O2S2. The highest BCUT2D eigenvalue weighted by Gasteiger charge is 2.34. The van der Waals surface area contributed by atoms with E-state index in [0.29, 0.717) is 0 Å². The number of allylic oxidation sites excluding steroid dienone is 3. The van der Waals surface area contributed by atoms with Crippen LogP contribution in [-0.2, 0) is 4.08 Å². The molecule has 0 atom stereocenters. The first-order valence-electron chi connectivity index (χ1n) is 11.6. The van der Waals surface area contributed by atoms with Gasteiger partial charge in [0.25, 0.3) is 0 Å². The molecule has 4 heteroatoms. The minimum Gasteiger partial charge on any atom is -0.497 e. The van der Waals surface area contributed by atoms with Crippen LogP contribution >= 0.6 is 23.5 Å². The lowest BCUT2D eigenvalue weighted by Gasteiger charge is -2.36. The van der Waals surface area contributed by atoms with Gasteiger partial charge in [0.05, 0.1) is 18.3 Å². The lowest BCUT2D eigenvalue weighted by molar-refractivity contribution is 0.414. The van der Waals surface area contributed by atoms with Gasteiger partial charge in [-0.1, -0.05) is 72.3 Å². The maximum atomic E-state index is 5.36. The molecule has 2 nitrogen and oxygen atoms in total. The number of ether oxygens (including phenoxy) is 2. The van der Waals surface area contributed by atoms with Gasteiger partial charge in [-0.25, -0.2) is 0 Å². The Morgan fingerprint density at radius 1 is 0.794 bits per heavy atom. The summed E-state index contributed by atoms with van der Waals surface area (Å²) < 4.78 is 10.8. The average molecular weight is 489 g/mol. The van der Waals surface area contributed by atoms with Crippen LogP contribution in [0.25, 0.3) is 5.57 Å². The van der Waals surface area contributed by atoms with Crippen LogP contribution in [-0.4, -0.2) is 25.7 Å². The summed E-state index contributed by atoms with van der Waals surface area (Å²) in [5.41, 5.74) is 6.23. The van der Waals surface area contributed by atoms with Gasteiger partial charge in [0.2, 0.25) is 0 Å². The first-order valence-corrected chi connectivity index (χ1v) is 13.6. The van der Waals surface area contributed by atoms with Crippen molar-refractivity contribution in [2.75, 3.05) is 25.7 Å². The van der Waals surface area contributed by atoms with E-state index in [1.807, 2.05) is 24.3 Å². The van der Waals surface area contributed by atoms with Crippen molar-refractivity contribution in [2.24, 2.45) is 0 Å². The predicted molar refractivity (Wildman–Crippen MR) is 149 cm³/mol. The highest BCUT2D eigenvalue weighted by atomic mass is 32.2. The van der Waals surface area contributed by atoms with E-state index in [2.05, 4.69) is 97.2 Å². The molecule has 3 aromatic rings. The average Bonchev–Trinajstić information content (AvgIpc) is 2.90. The number of aryl methyl sites for hydroxylation is 1. The number of thioether (sulfide) groups is 2. The Bertz CT molecular complexity index is 1060. The Labute approximate surface area is 212 Å². The second-order valence-electron chi connectivity index (χ2n) is 8.34. The Morgan fingerprint density at radius 3 is 1.82 bits per heavy atom. The van der Waals surface area contributed by atoms with Gasteiger partial charge in [-0.05, 0) is 77.8 Å². The summed E-state index contributed by atoms with van der Waals surface area (Å²) in [6, 6.07) is 25.6. The fourth-order valence-electron chi connectivity index (χ4n) is 4.07. The lowest BCUT2D eigenvalue weighted by atomic mass is 9.97. The normalized spacial score (nSPS) is 15.1. The summed E-state index contributed by atoms with van der Waals surface area (Å²) in [7, 11) is 3.40. The maximum absolute atomic E-state index is 5.36. The van der Waals surface area contributed by atoms with Gasteiger partial charge >= 0.3 is 0 Å². The number of hydrogen-bond acceptors (Lipinski definition) is 4. The largest absolute Gasteiger partial charge is 0.497 e. The molecule has 0 bridgehead atoms. The zero-order valence-electron chi connectivity index (χ0n) is 20.1. The van der Waals surface area contributed by atoms with E-state index in [1.165, 1.54) is 34.6 Å². The van der Waals surface area contributed by atoms with Gasteiger partial charge in [-0.3, -0.25) is 0 Å². The number of methoxy groups -OCH3 is 2. The number of benzene rings is 3. The molecule has 0 unspecified atom stereocenters. The van der Waals surface area contributed by atoms with Crippen molar-refractivity contribution in [2.45, 2.75) is 23.8 Å². The van der Waals surface area contributed by atoms with Crippen molar-refractivity contribution >= 4 is 29.1 Å². The van der Waals surface area contributed by atoms with Crippen LogP contribution in [0.1, 0.15) is 35.1 Å². The molecule has 1 saturated heterocycles. The van der Waals surface area contributed by atoms with Gasteiger partial charge in [-0.2, -0.15) is 0 Å². The smallest absolute Gasteiger partial charge is 0.118 e. The van der Waals surface area contributed by atoms with E-state index in [-0.39, 0.29) is 4.08 Å². The molecule has 0 radical (unpaired) electrons. The minimum atomic E-state index is 0.0939. The van der Waals surface area contributed by atoms with Crippen molar-refractivity contribution in [1.29, 1.82) is 0 Å². The highest BCUT2D eigenvalue weighted by Crippen LogP contribution is 2.53. The van der Waals surface area contributed by atoms with E-state index >= 15 is 0 Å². The molecule has 0 amide bonds. The van der Waals surface area contributed by atoms with Crippen molar-refractivity contribution in [1.82, 2.24) is 0 Å². The molecule has 0 saturated carbocycles. The fourth-order valence-corrected chi connectivity index (χ4v) is 7.36. The maximum Gasteiger partial charge on any atom is 0.118 e. The quantitative estimate of drug-likeness (QED) is 0.298. The lowest BCUT2D eigenvalue weighted by Crippen LogP contribution is -2.22. The summed E-state index contributed by atoms with van der Waals surface area (Å²) >= 11 is 4.19. The molecule has 1 aliphatic heterocycles. The molecule has 1 heterocycles. The van der Waals surface area contributed by atoms with Gasteiger partial charge in [0, 0.05) is 0 Å². The number of rotatable bonds is 8. The third-order valence-corrected chi connectivity index (χ3v) is 9.47. The van der Waals surface area contributed by atoms with Crippen LogP contribution < -0.4 is 9.47 Å². The van der Waals surface area contributed by atoms with Gasteiger partial charge in [0.1, 0.15) is 11.5 Å². The molecule has 0 aliphatic carbocycles. The van der Waals surface area contributed by atoms with E-state index in [0.717, 1.165) is 29.0 Å². The van der Waals surface area contributed by atoms with E-state index in [1.54, 1.807) is 14.2 Å². The molecule has 4 rings (SSSR count). The van der Waals surface area contributed by atoms with Crippen molar-refractivity contribution in [3.63, 3.8) is 0 Å². The molecule has 0 aromatic heterocycles. The first kappa shape index (κ1) is 24.6. The SMILES string of the molecule is COc1ccc(C(=C/C=C\CC2(c3ccc(C)cc3)SCCCS2)c2ccc(OC)cc2)cc1. The first-order chi connectivity index (χ1) is 16.6. The van der Waals surface area contributed by atoms with Crippen LogP contribution in [0.3, 0.4) is 0 Å².